The number of pyridine rings is 1. The van der Waals surface area contributed by atoms with E-state index in [4.69, 9.17) is 9.47 Å². The van der Waals surface area contributed by atoms with Crippen molar-refractivity contribution in [3.05, 3.63) is 17.8 Å². The lowest BCUT2D eigenvalue weighted by Crippen LogP contribution is -2.49. The van der Waals surface area contributed by atoms with Crippen LogP contribution in [0.25, 0.3) is 0 Å². The highest BCUT2D eigenvalue weighted by Crippen LogP contribution is 2.31. The van der Waals surface area contributed by atoms with Crippen LogP contribution in [0.5, 0.6) is 5.75 Å². The van der Waals surface area contributed by atoms with Gasteiger partial charge in [-0.05, 0) is 64.5 Å². The van der Waals surface area contributed by atoms with Crippen molar-refractivity contribution in [3.8, 4) is 5.75 Å². The van der Waals surface area contributed by atoms with Crippen molar-refractivity contribution >= 4 is 9.84 Å². The molecule has 2 fully saturated rings. The molecule has 0 amide bonds. The minimum absolute atomic E-state index is 0.00846. The van der Waals surface area contributed by atoms with Crippen molar-refractivity contribution in [1.82, 2.24) is 9.88 Å². The molecule has 0 aromatic carbocycles. The highest BCUT2D eigenvalue weighted by molar-refractivity contribution is 7.90. The van der Waals surface area contributed by atoms with E-state index in [0.717, 1.165) is 31.9 Å². The van der Waals surface area contributed by atoms with Crippen LogP contribution in [0.4, 0.5) is 13.2 Å². The molecule has 0 bridgehead atoms. The minimum Gasteiger partial charge on any atom is -0.489 e. The lowest BCUT2D eigenvalue weighted by Gasteiger charge is -2.38. The third-order valence-electron chi connectivity index (χ3n) is 6.19. The smallest absolute Gasteiger partial charge is 0.403 e. The van der Waals surface area contributed by atoms with Gasteiger partial charge in [-0.3, -0.25) is 4.90 Å². The van der Waals surface area contributed by atoms with E-state index >= 15 is 0 Å². The Morgan fingerprint density at radius 3 is 2.10 bits per heavy atom. The molecular weight excluding hydrogens is 433 g/mol. The normalized spacial score (nSPS) is 25.4. The predicted molar refractivity (Wildman–Crippen MR) is 110 cm³/mol. The van der Waals surface area contributed by atoms with Gasteiger partial charge >= 0.3 is 6.18 Å². The molecule has 1 atom stereocenters. The van der Waals surface area contributed by atoms with Crippen molar-refractivity contribution in [1.29, 1.82) is 0 Å². The van der Waals surface area contributed by atoms with Gasteiger partial charge in [0.15, 0.2) is 14.9 Å². The zero-order chi connectivity index (χ0) is 22.8. The molecule has 31 heavy (non-hydrogen) atoms. The van der Waals surface area contributed by atoms with Gasteiger partial charge in [0.1, 0.15) is 11.8 Å². The largest absolute Gasteiger partial charge is 0.489 e. The summed E-state index contributed by atoms with van der Waals surface area (Å²) in [6.07, 6.45) is 1.57. The second kappa shape index (κ2) is 9.62. The number of sulfone groups is 1. The summed E-state index contributed by atoms with van der Waals surface area (Å²) in [5.74, 6) is 0.586. The molecular formula is C21H31F3N2O4S. The Hall–Kier alpha value is -1.39. The Balaban J connectivity index is 1.43. The van der Waals surface area contributed by atoms with Gasteiger partial charge < -0.3 is 9.47 Å². The van der Waals surface area contributed by atoms with Crippen molar-refractivity contribution in [3.63, 3.8) is 0 Å². The minimum atomic E-state index is -4.19. The maximum atomic E-state index is 12.9. The molecule has 0 N–H and O–H groups in total. The number of nitrogens with zero attached hydrogens (tertiary/aromatic N) is 2. The number of piperidine rings is 1. The number of aromatic nitrogens is 1. The molecule has 0 radical (unpaired) electrons. The molecule has 2 heterocycles. The number of alkyl halides is 3. The lowest BCUT2D eigenvalue weighted by atomic mass is 9.94. The summed E-state index contributed by atoms with van der Waals surface area (Å²) >= 11 is 0. The van der Waals surface area contributed by atoms with Gasteiger partial charge in [-0.1, -0.05) is 0 Å². The zero-order valence-electron chi connectivity index (χ0n) is 18.2. The second-order valence-corrected chi connectivity index (χ2v) is 10.6. The summed E-state index contributed by atoms with van der Waals surface area (Å²) in [5, 5.41) is 0.0325. The summed E-state index contributed by atoms with van der Waals surface area (Å²) in [7, 11) is -3.35. The Kier molecular flexibility index (Phi) is 7.53. The van der Waals surface area contributed by atoms with Crippen LogP contribution in [0, 0.1) is 6.92 Å². The molecule has 1 aliphatic heterocycles. The van der Waals surface area contributed by atoms with E-state index in [1.165, 1.54) is 17.9 Å². The first-order valence-corrected chi connectivity index (χ1v) is 12.6. The molecule has 1 saturated carbocycles. The molecule has 2 aliphatic rings. The number of ether oxygens (including phenoxy) is 2. The van der Waals surface area contributed by atoms with Crippen LogP contribution in [0.2, 0.25) is 0 Å². The average Bonchev–Trinajstić information content (AvgIpc) is 2.69. The third kappa shape index (κ3) is 6.55. The number of aryl methyl sites for hydroxylation is 1. The number of rotatable bonds is 6. The van der Waals surface area contributed by atoms with Crippen LogP contribution in [0.15, 0.2) is 17.2 Å². The van der Waals surface area contributed by atoms with Crippen LogP contribution < -0.4 is 4.74 Å². The number of halogens is 3. The van der Waals surface area contributed by atoms with E-state index in [1.807, 2.05) is 0 Å². The van der Waals surface area contributed by atoms with Crippen LogP contribution in [0.3, 0.4) is 0 Å². The molecule has 6 nitrogen and oxygen atoms in total. The second-order valence-electron chi connectivity index (χ2n) is 8.61. The molecule has 1 unspecified atom stereocenters. The van der Waals surface area contributed by atoms with Crippen molar-refractivity contribution in [2.24, 2.45) is 0 Å². The summed E-state index contributed by atoms with van der Waals surface area (Å²) < 4.78 is 74.1. The fourth-order valence-corrected chi connectivity index (χ4v) is 4.82. The fourth-order valence-electron chi connectivity index (χ4n) is 4.20. The topological polar surface area (TPSA) is 68.7 Å². The van der Waals surface area contributed by atoms with E-state index in [9.17, 15) is 21.6 Å². The highest BCUT2D eigenvalue weighted by Gasteiger charge is 2.41. The fraction of sp³-hybridized carbons (Fsp3) is 0.762. The van der Waals surface area contributed by atoms with Gasteiger partial charge in [-0.25, -0.2) is 13.4 Å². The van der Waals surface area contributed by atoms with Gasteiger partial charge in [-0.2, -0.15) is 13.2 Å². The summed E-state index contributed by atoms with van der Waals surface area (Å²) in [4.78, 5) is 5.61. The molecule has 1 aromatic heterocycles. The molecule has 1 saturated heterocycles. The first-order chi connectivity index (χ1) is 14.4. The van der Waals surface area contributed by atoms with E-state index < -0.39 is 22.1 Å². The molecule has 3 rings (SSSR count). The van der Waals surface area contributed by atoms with Gasteiger partial charge in [0.05, 0.1) is 24.0 Å². The van der Waals surface area contributed by atoms with Crippen LogP contribution >= 0.6 is 0 Å². The summed E-state index contributed by atoms with van der Waals surface area (Å²) in [6, 6.07) is 1.70. The van der Waals surface area contributed by atoms with E-state index in [1.54, 1.807) is 13.0 Å². The lowest BCUT2D eigenvalue weighted by molar-refractivity contribution is -0.185. The Bertz CT molecular complexity index is 847. The molecule has 0 spiro atoms. The number of likely N-dealkylation sites (tertiary alicyclic amines) is 1. The molecule has 10 heteroatoms. The predicted octanol–water partition coefficient (Wildman–Crippen LogP) is 3.92. The van der Waals surface area contributed by atoms with E-state index in [0.29, 0.717) is 37.4 Å². The highest BCUT2D eigenvalue weighted by atomic mass is 32.2. The molecule has 176 valence electrons. The maximum Gasteiger partial charge on any atom is 0.403 e. The summed E-state index contributed by atoms with van der Waals surface area (Å²) in [6.45, 7) is 3.75. The van der Waals surface area contributed by atoms with E-state index in [2.05, 4.69) is 4.98 Å². The average molecular weight is 465 g/mol. The van der Waals surface area contributed by atoms with Gasteiger partial charge in [0.25, 0.3) is 0 Å². The number of hydrogen-bond acceptors (Lipinski definition) is 6. The summed E-state index contributed by atoms with van der Waals surface area (Å²) in [5.41, 5.74) is 0.543. The van der Waals surface area contributed by atoms with Crippen LogP contribution in [-0.2, 0) is 14.6 Å². The number of hydrogen-bond donors (Lipinski definition) is 0. The Morgan fingerprint density at radius 1 is 1.03 bits per heavy atom. The van der Waals surface area contributed by atoms with Gasteiger partial charge in [0.2, 0.25) is 0 Å². The SMILES string of the molecule is Cc1nc(S(C)(=O)=O)ccc1O[C@H]1CC[C@H](OC2CCN(C(C)C(F)(F)F)CC2)CC1. The first kappa shape index (κ1) is 24.3. The van der Waals surface area contributed by atoms with Crippen LogP contribution in [-0.4, -0.2) is 68.2 Å². The van der Waals surface area contributed by atoms with Gasteiger partial charge in [-0.15, -0.1) is 0 Å². The van der Waals surface area contributed by atoms with Crippen molar-refractivity contribution in [2.45, 2.75) is 87.9 Å². The Morgan fingerprint density at radius 2 is 1.58 bits per heavy atom. The van der Waals surface area contributed by atoms with Crippen molar-refractivity contribution < 1.29 is 31.1 Å². The standard InChI is InChI=1S/C21H31F3N2O4S/c1-14-19(8-9-20(25-14)31(3,27)28)30-17-6-4-16(5-7-17)29-18-10-12-26(13-11-18)15(2)21(22,23)24/h8-9,15-18H,4-7,10-13H2,1-3H3/t15?,16-,17-. The quantitative estimate of drug-likeness (QED) is 0.636. The maximum absolute atomic E-state index is 12.9. The zero-order valence-corrected chi connectivity index (χ0v) is 19.0. The molecule has 1 aliphatic carbocycles. The third-order valence-corrected chi connectivity index (χ3v) is 7.18. The van der Waals surface area contributed by atoms with E-state index in [-0.39, 0.29) is 23.3 Å². The van der Waals surface area contributed by atoms with Crippen LogP contribution in [0.1, 0.15) is 51.1 Å². The first-order valence-electron chi connectivity index (χ1n) is 10.7. The monoisotopic (exact) mass is 464 g/mol. The molecule has 1 aromatic rings. The van der Waals surface area contributed by atoms with Gasteiger partial charge in [0, 0.05) is 19.3 Å². The van der Waals surface area contributed by atoms with Crippen molar-refractivity contribution in [2.75, 3.05) is 19.3 Å². The Labute approximate surface area is 182 Å².